The monoisotopic (exact) mass is 418 g/mol. The maximum Gasteiger partial charge on any atom is 0.423 e. The Kier molecular flexibility index (Phi) is 4.37. The van der Waals surface area contributed by atoms with Crippen molar-refractivity contribution in [2.75, 3.05) is 5.73 Å². The molecule has 0 radical (unpaired) electrons. The van der Waals surface area contributed by atoms with E-state index in [1.807, 2.05) is 6.92 Å². The molecule has 2 N–H and O–H groups in total. The second-order valence-corrected chi connectivity index (χ2v) is 6.51. The number of nitro groups is 1. The molecule has 154 valence electrons. The van der Waals surface area contributed by atoms with Crippen molar-refractivity contribution in [1.29, 1.82) is 0 Å². The van der Waals surface area contributed by atoms with Crippen LogP contribution >= 0.6 is 0 Å². The van der Waals surface area contributed by atoms with Crippen LogP contribution in [0.4, 0.5) is 24.8 Å². The number of benzene rings is 1. The van der Waals surface area contributed by atoms with Crippen molar-refractivity contribution in [3.8, 4) is 5.82 Å². The van der Waals surface area contributed by atoms with Gasteiger partial charge in [-0.2, -0.15) is 33.3 Å². The summed E-state index contributed by atoms with van der Waals surface area (Å²) in [6.07, 6.45) is -0.0614. The lowest BCUT2D eigenvalue weighted by atomic mass is 10.1. The van der Waals surface area contributed by atoms with Gasteiger partial charge >= 0.3 is 6.18 Å². The number of alkyl halides is 3. The van der Waals surface area contributed by atoms with Gasteiger partial charge in [0.15, 0.2) is 11.5 Å². The van der Waals surface area contributed by atoms with E-state index in [0.717, 1.165) is 17.7 Å². The minimum atomic E-state index is -4.87. The number of hydrogen-bond acceptors (Lipinski definition) is 7. The van der Waals surface area contributed by atoms with Crippen molar-refractivity contribution >= 4 is 22.7 Å². The molecule has 1 aromatic carbocycles. The second kappa shape index (κ2) is 6.79. The van der Waals surface area contributed by atoms with Gasteiger partial charge in [0.2, 0.25) is 5.95 Å². The Morgan fingerprint density at radius 2 is 1.97 bits per heavy atom. The second-order valence-electron chi connectivity index (χ2n) is 6.51. The van der Waals surface area contributed by atoms with Crippen LogP contribution in [0.5, 0.6) is 0 Å². The zero-order chi connectivity index (χ0) is 21.6. The van der Waals surface area contributed by atoms with Crippen LogP contribution < -0.4 is 5.73 Å². The van der Waals surface area contributed by atoms with Crippen molar-refractivity contribution in [3.05, 3.63) is 63.6 Å². The predicted molar refractivity (Wildman–Crippen MR) is 98.8 cm³/mol. The quantitative estimate of drug-likeness (QED) is 0.398. The number of aryl methyl sites for hydroxylation is 1. The van der Waals surface area contributed by atoms with E-state index in [-0.39, 0.29) is 23.7 Å². The van der Waals surface area contributed by atoms with Crippen molar-refractivity contribution in [2.24, 2.45) is 0 Å². The number of fused-ring (bicyclic) bond motifs is 1. The largest absolute Gasteiger partial charge is 0.423 e. The summed E-state index contributed by atoms with van der Waals surface area (Å²) < 4.78 is 42.6. The van der Waals surface area contributed by atoms with Crippen molar-refractivity contribution in [1.82, 2.24) is 29.5 Å². The summed E-state index contributed by atoms with van der Waals surface area (Å²) in [5.74, 6) is 0.309. The van der Waals surface area contributed by atoms with Crippen molar-refractivity contribution in [2.45, 2.75) is 19.6 Å². The van der Waals surface area contributed by atoms with Gasteiger partial charge in [-0.1, -0.05) is 6.07 Å². The molecule has 13 heteroatoms. The minimum Gasteiger partial charge on any atom is -0.368 e. The number of aromatic nitrogens is 6. The van der Waals surface area contributed by atoms with Gasteiger partial charge in [-0.3, -0.25) is 10.1 Å². The summed E-state index contributed by atoms with van der Waals surface area (Å²) in [5, 5.41) is 19.8. The highest BCUT2D eigenvalue weighted by Crippen LogP contribution is 2.36. The molecule has 3 heterocycles. The maximum absolute atomic E-state index is 13.2. The van der Waals surface area contributed by atoms with Gasteiger partial charge in [-0.05, 0) is 24.1 Å². The predicted octanol–water partition coefficient (Wildman–Crippen LogP) is 2.88. The summed E-state index contributed by atoms with van der Waals surface area (Å²) in [4.78, 5) is 18.2. The molecule has 10 nitrogen and oxygen atoms in total. The Balaban J connectivity index is 1.79. The highest BCUT2D eigenvalue weighted by Gasteiger charge is 2.38. The lowest BCUT2D eigenvalue weighted by Gasteiger charge is -2.10. The Hall–Kier alpha value is -4.03. The van der Waals surface area contributed by atoms with Crippen LogP contribution in [0.15, 0.2) is 36.8 Å². The third-order valence-corrected chi connectivity index (χ3v) is 4.32. The molecule has 0 spiro atoms. The highest BCUT2D eigenvalue weighted by molar-refractivity contribution is 5.83. The number of rotatable bonds is 4. The number of anilines is 1. The van der Waals surface area contributed by atoms with E-state index in [0.29, 0.717) is 11.2 Å². The van der Waals surface area contributed by atoms with E-state index in [9.17, 15) is 23.3 Å². The van der Waals surface area contributed by atoms with Crippen LogP contribution in [0.3, 0.4) is 0 Å². The van der Waals surface area contributed by atoms with Crippen molar-refractivity contribution in [3.63, 3.8) is 0 Å². The van der Waals surface area contributed by atoms with Crippen LogP contribution in [0, 0.1) is 17.0 Å². The average molecular weight is 418 g/mol. The molecule has 3 aromatic heterocycles. The van der Waals surface area contributed by atoms with E-state index in [4.69, 9.17) is 5.73 Å². The Morgan fingerprint density at radius 3 is 2.60 bits per heavy atom. The normalized spacial score (nSPS) is 11.9. The minimum absolute atomic E-state index is 0.0629. The smallest absolute Gasteiger partial charge is 0.368 e. The fourth-order valence-electron chi connectivity index (χ4n) is 3.02. The summed E-state index contributed by atoms with van der Waals surface area (Å²) >= 11 is 0. The molecule has 0 amide bonds. The molecule has 0 bridgehead atoms. The van der Waals surface area contributed by atoms with Gasteiger partial charge in [0.1, 0.15) is 5.56 Å². The highest BCUT2D eigenvalue weighted by atomic mass is 19.4. The fourth-order valence-corrected chi connectivity index (χ4v) is 3.02. The first-order chi connectivity index (χ1) is 14.1. The third kappa shape index (κ3) is 3.40. The van der Waals surface area contributed by atoms with Crippen LogP contribution in [-0.4, -0.2) is 34.5 Å². The number of nitrogen functional groups attached to an aromatic ring is 1. The fraction of sp³-hybridized carbons (Fsp3) is 0.176. The molecule has 30 heavy (non-hydrogen) atoms. The van der Waals surface area contributed by atoms with Crippen LogP contribution in [0.2, 0.25) is 0 Å². The number of hydrogen-bond donors (Lipinski definition) is 1. The molecular weight excluding hydrogens is 405 g/mol. The van der Waals surface area contributed by atoms with E-state index >= 15 is 0 Å². The third-order valence-electron chi connectivity index (χ3n) is 4.32. The topological polar surface area (TPSA) is 131 Å². The summed E-state index contributed by atoms with van der Waals surface area (Å²) in [7, 11) is 0. The van der Waals surface area contributed by atoms with Gasteiger partial charge < -0.3 is 5.73 Å². The van der Waals surface area contributed by atoms with E-state index < -0.39 is 22.4 Å². The first-order valence-corrected chi connectivity index (χ1v) is 8.48. The summed E-state index contributed by atoms with van der Waals surface area (Å²) in [5.41, 5.74) is 4.79. The molecule has 0 aliphatic rings. The molecule has 0 saturated carbocycles. The van der Waals surface area contributed by atoms with Gasteiger partial charge in [0.25, 0.3) is 5.69 Å². The first kappa shape index (κ1) is 19.3. The SMILES string of the molecule is Cc1cnn(-c2nc(N)nc3c2cnn3Cc2ccc([N+](=O)[O-])c(C(F)(F)F)c2)c1. The van der Waals surface area contributed by atoms with E-state index in [1.165, 1.54) is 21.6 Å². The number of nitrogens with two attached hydrogens (primary N) is 1. The average Bonchev–Trinajstić information content (AvgIpc) is 3.27. The van der Waals surface area contributed by atoms with Gasteiger partial charge in [0, 0.05) is 12.3 Å². The Bertz CT molecular complexity index is 1280. The Morgan fingerprint density at radius 1 is 1.20 bits per heavy atom. The molecule has 0 aliphatic carbocycles. The molecule has 0 saturated heterocycles. The molecule has 4 aromatic rings. The van der Waals surface area contributed by atoms with Crippen LogP contribution in [-0.2, 0) is 12.7 Å². The molecule has 0 aliphatic heterocycles. The summed E-state index contributed by atoms with van der Waals surface area (Å²) in [6, 6.07) is 2.79. The van der Waals surface area contributed by atoms with Crippen molar-refractivity contribution < 1.29 is 18.1 Å². The molecule has 0 fully saturated rings. The zero-order valence-corrected chi connectivity index (χ0v) is 15.3. The molecule has 0 atom stereocenters. The number of halogens is 3. The van der Waals surface area contributed by atoms with Gasteiger partial charge in [0.05, 0.1) is 29.2 Å². The van der Waals surface area contributed by atoms with E-state index in [2.05, 4.69) is 20.2 Å². The molecule has 0 unspecified atom stereocenters. The number of nitro benzene ring substituents is 1. The van der Waals surface area contributed by atoms with Crippen LogP contribution in [0.1, 0.15) is 16.7 Å². The van der Waals surface area contributed by atoms with Crippen LogP contribution in [0.25, 0.3) is 16.9 Å². The molecular formula is C17H13F3N8O2. The standard InChI is InChI=1S/C17H13F3N8O2/c1-9-5-22-26(7-9)14-11-6-23-27(15(11)25-16(21)24-14)8-10-2-3-13(28(29)30)12(4-10)17(18,19)20/h2-7H,8H2,1H3,(H2,21,24,25). The Labute approximate surface area is 165 Å². The lowest BCUT2D eigenvalue weighted by molar-refractivity contribution is -0.388. The van der Waals surface area contributed by atoms with E-state index in [1.54, 1.807) is 12.4 Å². The zero-order valence-electron chi connectivity index (χ0n) is 15.3. The van der Waals surface area contributed by atoms with Gasteiger partial charge in [-0.15, -0.1) is 0 Å². The lowest BCUT2D eigenvalue weighted by Crippen LogP contribution is -2.11. The summed E-state index contributed by atoms with van der Waals surface area (Å²) in [6.45, 7) is 1.74. The first-order valence-electron chi connectivity index (χ1n) is 8.48. The molecule has 4 rings (SSSR count). The maximum atomic E-state index is 13.2. The van der Waals surface area contributed by atoms with Gasteiger partial charge in [-0.25, -0.2) is 9.36 Å². The number of nitrogens with zero attached hydrogens (tertiary/aromatic N) is 7.